The third-order valence-electron chi connectivity index (χ3n) is 11.2. The Labute approximate surface area is 418 Å². The fourth-order valence-corrected chi connectivity index (χ4v) is 7.10. The molecule has 0 saturated carbocycles. The molecule has 0 heterocycles. The summed E-state index contributed by atoms with van der Waals surface area (Å²) in [5, 5.41) is 0. The minimum absolute atomic E-state index is 0.120. The van der Waals surface area contributed by atoms with Crippen molar-refractivity contribution in [2.45, 2.75) is 239 Å². The van der Waals surface area contributed by atoms with Crippen molar-refractivity contribution in [3.8, 4) is 0 Å². The molecule has 0 radical (unpaired) electrons. The quantitative estimate of drug-likeness (QED) is 0.0262. The van der Waals surface area contributed by atoms with Gasteiger partial charge >= 0.3 is 17.9 Å². The zero-order chi connectivity index (χ0) is 49.3. The summed E-state index contributed by atoms with van der Waals surface area (Å²) in [6.07, 6.45) is 76.2. The van der Waals surface area contributed by atoms with Crippen LogP contribution in [0.5, 0.6) is 0 Å². The normalized spacial score (nSPS) is 13.0. The molecule has 384 valence electrons. The van der Waals surface area contributed by atoms with Crippen molar-refractivity contribution in [3.63, 3.8) is 0 Å². The van der Waals surface area contributed by atoms with Gasteiger partial charge in [-0.2, -0.15) is 0 Å². The van der Waals surface area contributed by atoms with Gasteiger partial charge in [-0.15, -0.1) is 0 Å². The molecule has 0 aliphatic heterocycles. The Hall–Kier alpha value is -4.19. The van der Waals surface area contributed by atoms with Crippen LogP contribution in [-0.4, -0.2) is 37.2 Å². The van der Waals surface area contributed by atoms with Crippen LogP contribution in [0.1, 0.15) is 233 Å². The molecule has 0 saturated heterocycles. The molecule has 6 heteroatoms. The van der Waals surface area contributed by atoms with E-state index in [2.05, 4.69) is 130 Å². The Morgan fingerprint density at radius 2 is 0.603 bits per heavy atom. The van der Waals surface area contributed by atoms with Gasteiger partial charge in [-0.05, 0) is 103 Å². The Morgan fingerprint density at radius 1 is 0.309 bits per heavy atom. The van der Waals surface area contributed by atoms with Crippen LogP contribution in [0.3, 0.4) is 0 Å². The van der Waals surface area contributed by atoms with Gasteiger partial charge in [0.25, 0.3) is 0 Å². The summed E-state index contributed by atoms with van der Waals surface area (Å²) in [5.41, 5.74) is 0. The highest BCUT2D eigenvalue weighted by Gasteiger charge is 2.19. The summed E-state index contributed by atoms with van der Waals surface area (Å²) in [7, 11) is 0. The predicted molar refractivity (Wildman–Crippen MR) is 293 cm³/mol. The van der Waals surface area contributed by atoms with E-state index in [-0.39, 0.29) is 31.6 Å². The second kappa shape index (κ2) is 55.4. The minimum Gasteiger partial charge on any atom is -0.462 e. The molecule has 0 bridgehead atoms. The van der Waals surface area contributed by atoms with Crippen LogP contribution in [0.2, 0.25) is 0 Å². The maximum atomic E-state index is 12.8. The predicted octanol–water partition coefficient (Wildman–Crippen LogP) is 18.5. The van der Waals surface area contributed by atoms with E-state index in [1.807, 2.05) is 12.2 Å². The van der Waals surface area contributed by atoms with E-state index in [9.17, 15) is 14.4 Å². The highest BCUT2D eigenvalue weighted by molar-refractivity contribution is 5.71. The van der Waals surface area contributed by atoms with Gasteiger partial charge in [0.05, 0.1) is 0 Å². The van der Waals surface area contributed by atoms with Crippen molar-refractivity contribution in [1.29, 1.82) is 0 Å². The van der Waals surface area contributed by atoms with Crippen molar-refractivity contribution in [1.82, 2.24) is 0 Å². The second-order valence-corrected chi connectivity index (χ2v) is 17.8. The van der Waals surface area contributed by atoms with E-state index in [0.717, 1.165) is 103 Å². The van der Waals surface area contributed by atoms with E-state index in [4.69, 9.17) is 14.2 Å². The lowest BCUT2D eigenvalue weighted by Crippen LogP contribution is -2.30. The fraction of sp³-hybridized carbons (Fsp3) is 0.629. The summed E-state index contributed by atoms with van der Waals surface area (Å²) in [6, 6.07) is 0. The van der Waals surface area contributed by atoms with E-state index in [1.54, 1.807) is 0 Å². The van der Waals surface area contributed by atoms with Crippen molar-refractivity contribution in [2.75, 3.05) is 13.2 Å². The van der Waals surface area contributed by atoms with Gasteiger partial charge in [-0.1, -0.05) is 232 Å². The molecule has 6 nitrogen and oxygen atoms in total. The molecule has 0 rings (SSSR count). The lowest BCUT2D eigenvalue weighted by Gasteiger charge is -2.18. The molecule has 0 aromatic rings. The van der Waals surface area contributed by atoms with Crippen LogP contribution in [-0.2, 0) is 28.6 Å². The van der Waals surface area contributed by atoms with Crippen LogP contribution >= 0.6 is 0 Å². The monoisotopic (exact) mass is 941 g/mol. The third-order valence-corrected chi connectivity index (χ3v) is 11.2. The topological polar surface area (TPSA) is 78.9 Å². The number of rotatable bonds is 48. The Kier molecular flexibility index (Phi) is 52.0. The summed E-state index contributed by atoms with van der Waals surface area (Å²) < 4.78 is 16.7. The number of esters is 3. The first-order valence-corrected chi connectivity index (χ1v) is 27.5. The van der Waals surface area contributed by atoms with Crippen molar-refractivity contribution >= 4 is 17.9 Å². The molecule has 1 atom stereocenters. The molecule has 0 aliphatic rings. The first-order chi connectivity index (χ1) is 33.5. The summed E-state index contributed by atoms with van der Waals surface area (Å²) in [6.45, 7) is 6.39. The molecule has 0 N–H and O–H groups in total. The van der Waals surface area contributed by atoms with E-state index in [1.165, 1.54) is 83.5 Å². The second-order valence-electron chi connectivity index (χ2n) is 17.8. The van der Waals surface area contributed by atoms with Gasteiger partial charge in [-0.3, -0.25) is 14.4 Å². The van der Waals surface area contributed by atoms with Crippen molar-refractivity contribution < 1.29 is 28.6 Å². The molecule has 0 aromatic heterocycles. The number of ether oxygens (including phenoxy) is 3. The molecule has 0 aliphatic carbocycles. The number of unbranched alkanes of at least 4 members (excludes halogenated alkanes) is 17. The minimum atomic E-state index is -0.833. The molecule has 0 spiro atoms. The Bertz CT molecular complexity index is 1450. The average Bonchev–Trinajstić information content (AvgIpc) is 3.34. The zero-order valence-corrected chi connectivity index (χ0v) is 43.8. The van der Waals surface area contributed by atoms with E-state index in [0.29, 0.717) is 19.3 Å². The smallest absolute Gasteiger partial charge is 0.306 e. The maximum Gasteiger partial charge on any atom is 0.306 e. The third kappa shape index (κ3) is 52.8. The van der Waals surface area contributed by atoms with Gasteiger partial charge in [0.2, 0.25) is 0 Å². The standard InChI is InChI=1S/C62H100O6/c1-4-7-10-13-16-19-22-25-27-29-31-33-35-37-40-43-46-49-52-55-61(64)67-58-59(57-66-60(63)54-51-48-45-42-39-24-21-18-15-12-9-6-3)68-62(65)56-53-50-47-44-41-38-36-34-32-30-28-26-23-20-17-14-11-8-5-2/h7,10,16-17,19-20,25-28,31-34,37-38,40-41,47,50,59H,4-6,8-9,11-15,18,21-24,29-30,35-36,39,42-46,48-49,51-58H2,1-3H3/b10-7-,19-16-,20-17-,27-25-,28-26-,33-31-,34-32-,40-37-,41-38-,50-47-/t59-/m0/s1. The van der Waals surface area contributed by atoms with Gasteiger partial charge in [0.1, 0.15) is 13.2 Å². The lowest BCUT2D eigenvalue weighted by molar-refractivity contribution is -0.166. The average molecular weight is 941 g/mol. The summed E-state index contributed by atoms with van der Waals surface area (Å²) >= 11 is 0. The number of allylic oxidation sites excluding steroid dienone is 20. The maximum absolute atomic E-state index is 12.8. The number of hydrogen-bond acceptors (Lipinski definition) is 6. The highest BCUT2D eigenvalue weighted by Crippen LogP contribution is 2.14. The molecule has 0 unspecified atom stereocenters. The Morgan fingerprint density at radius 3 is 0.985 bits per heavy atom. The molecule has 0 aromatic carbocycles. The van der Waals surface area contributed by atoms with Crippen LogP contribution in [0.25, 0.3) is 0 Å². The number of carbonyl (C=O) groups is 3. The molecule has 0 amide bonds. The summed E-state index contributed by atoms with van der Waals surface area (Å²) in [5.74, 6) is -1.04. The van der Waals surface area contributed by atoms with Gasteiger partial charge in [-0.25, -0.2) is 0 Å². The van der Waals surface area contributed by atoms with Gasteiger partial charge in [0, 0.05) is 19.3 Å². The van der Waals surface area contributed by atoms with Crippen LogP contribution in [0.4, 0.5) is 0 Å². The molecular formula is C62H100O6. The van der Waals surface area contributed by atoms with Crippen LogP contribution < -0.4 is 0 Å². The van der Waals surface area contributed by atoms with Crippen LogP contribution in [0, 0.1) is 0 Å². The number of hydrogen-bond donors (Lipinski definition) is 0. The van der Waals surface area contributed by atoms with Crippen LogP contribution in [0.15, 0.2) is 122 Å². The summed E-state index contributed by atoms with van der Waals surface area (Å²) in [4.78, 5) is 38.0. The number of carbonyl (C=O) groups excluding carboxylic acids is 3. The first-order valence-electron chi connectivity index (χ1n) is 27.5. The lowest BCUT2D eigenvalue weighted by atomic mass is 10.0. The Balaban J connectivity index is 4.56. The van der Waals surface area contributed by atoms with Gasteiger partial charge in [0.15, 0.2) is 6.10 Å². The SMILES string of the molecule is CC/C=C\C/C=C\C/C=C\C/C=C\C/C=C\CCCCCC(=O)OC[C@H](COC(=O)CCCCCCCCCCCCCC)OC(=O)CC/C=C\C/C=C\C/C=C\C/C=C\C/C=C\CCCCC. The van der Waals surface area contributed by atoms with Crippen molar-refractivity contribution in [3.05, 3.63) is 122 Å². The largest absolute Gasteiger partial charge is 0.462 e. The van der Waals surface area contributed by atoms with E-state index >= 15 is 0 Å². The molecule has 0 fully saturated rings. The van der Waals surface area contributed by atoms with E-state index < -0.39 is 12.1 Å². The first kappa shape index (κ1) is 63.8. The molecular weight excluding hydrogens is 841 g/mol. The molecule has 68 heavy (non-hydrogen) atoms. The van der Waals surface area contributed by atoms with Crippen molar-refractivity contribution in [2.24, 2.45) is 0 Å². The zero-order valence-electron chi connectivity index (χ0n) is 43.8. The highest BCUT2D eigenvalue weighted by atomic mass is 16.6. The van der Waals surface area contributed by atoms with Gasteiger partial charge < -0.3 is 14.2 Å². The fourth-order valence-electron chi connectivity index (χ4n) is 7.10.